The zero-order valence-electron chi connectivity index (χ0n) is 11.7. The first-order valence-electron chi connectivity index (χ1n) is 6.60. The molecule has 0 bridgehead atoms. The number of hydrogen-bond donors (Lipinski definition) is 1. The largest absolute Gasteiger partial charge is 0.383 e. The summed E-state index contributed by atoms with van der Waals surface area (Å²) in [6.45, 7) is 2.28. The molecule has 0 heterocycles. The highest BCUT2D eigenvalue weighted by Gasteiger charge is 2.03. The number of halogens is 2. The Morgan fingerprint density at radius 1 is 1.14 bits per heavy atom. The van der Waals surface area contributed by atoms with Crippen LogP contribution in [0.1, 0.15) is 5.56 Å². The van der Waals surface area contributed by atoms with E-state index < -0.39 is 0 Å². The predicted molar refractivity (Wildman–Crippen MR) is 93.3 cm³/mol. The summed E-state index contributed by atoms with van der Waals surface area (Å²) < 4.78 is 6.09. The molecule has 0 saturated heterocycles. The van der Waals surface area contributed by atoms with Crippen molar-refractivity contribution in [1.82, 2.24) is 5.32 Å². The van der Waals surface area contributed by atoms with Crippen LogP contribution < -0.4 is 5.32 Å². The van der Waals surface area contributed by atoms with Gasteiger partial charge in [0.05, 0.1) is 6.61 Å². The molecule has 0 fully saturated rings. The summed E-state index contributed by atoms with van der Waals surface area (Å²) in [5.74, 6) is 0. The normalized spacial score (nSPS) is 10.8. The van der Waals surface area contributed by atoms with Gasteiger partial charge in [-0.25, -0.2) is 0 Å². The van der Waals surface area contributed by atoms with E-state index in [9.17, 15) is 0 Å². The van der Waals surface area contributed by atoms with Crippen molar-refractivity contribution in [2.75, 3.05) is 20.3 Å². The summed E-state index contributed by atoms with van der Waals surface area (Å²) in [7, 11) is 1.70. The van der Waals surface area contributed by atoms with Crippen LogP contribution in [0.15, 0.2) is 56.7 Å². The molecule has 0 aliphatic carbocycles. The second kappa shape index (κ2) is 8.81. The highest BCUT2D eigenvalue weighted by molar-refractivity contribution is 9.10. The Bertz CT molecular complexity index is 577. The summed E-state index contributed by atoms with van der Waals surface area (Å²) in [5, 5.41) is 4.09. The van der Waals surface area contributed by atoms with E-state index in [-0.39, 0.29) is 0 Å². The van der Waals surface area contributed by atoms with Gasteiger partial charge in [0, 0.05) is 39.5 Å². The lowest BCUT2D eigenvalue weighted by Crippen LogP contribution is -2.18. The first-order valence-corrected chi connectivity index (χ1v) is 8.59. The Kier molecular flexibility index (Phi) is 7.07. The van der Waals surface area contributed by atoms with Crippen LogP contribution in [0.5, 0.6) is 0 Å². The lowest BCUT2D eigenvalue weighted by atomic mass is 10.2. The van der Waals surface area contributed by atoms with Crippen LogP contribution in [0.2, 0.25) is 5.02 Å². The van der Waals surface area contributed by atoms with Gasteiger partial charge in [-0.3, -0.25) is 0 Å². The van der Waals surface area contributed by atoms with Gasteiger partial charge >= 0.3 is 0 Å². The van der Waals surface area contributed by atoms with Crippen molar-refractivity contribution in [3.63, 3.8) is 0 Å². The number of rotatable bonds is 7. The molecule has 2 rings (SSSR count). The molecular formula is C16H17BrClNOS. The van der Waals surface area contributed by atoms with E-state index >= 15 is 0 Å². The van der Waals surface area contributed by atoms with Crippen molar-refractivity contribution < 1.29 is 4.74 Å². The van der Waals surface area contributed by atoms with Gasteiger partial charge in [0.15, 0.2) is 0 Å². The average Bonchev–Trinajstić information content (AvgIpc) is 2.48. The van der Waals surface area contributed by atoms with Crippen molar-refractivity contribution in [2.24, 2.45) is 0 Å². The van der Waals surface area contributed by atoms with Crippen molar-refractivity contribution in [1.29, 1.82) is 0 Å². The van der Waals surface area contributed by atoms with Gasteiger partial charge in [-0.1, -0.05) is 45.4 Å². The van der Waals surface area contributed by atoms with Gasteiger partial charge in [0.1, 0.15) is 0 Å². The molecule has 21 heavy (non-hydrogen) atoms. The van der Waals surface area contributed by atoms with E-state index in [0.717, 1.165) is 33.0 Å². The SMILES string of the molecule is COCCNCc1ccc(Sc2ccc(Br)cc2)cc1Cl. The molecule has 0 atom stereocenters. The van der Waals surface area contributed by atoms with Crippen LogP contribution in [0.3, 0.4) is 0 Å². The zero-order chi connectivity index (χ0) is 15.1. The fourth-order valence-electron chi connectivity index (χ4n) is 1.77. The Morgan fingerprint density at radius 3 is 2.52 bits per heavy atom. The van der Waals surface area contributed by atoms with Gasteiger partial charge in [0.25, 0.3) is 0 Å². The molecule has 2 aromatic carbocycles. The van der Waals surface area contributed by atoms with Crippen LogP contribution in [-0.2, 0) is 11.3 Å². The summed E-state index contributed by atoms with van der Waals surface area (Å²) in [6.07, 6.45) is 0. The first kappa shape index (κ1) is 16.8. The molecule has 2 aromatic rings. The predicted octanol–water partition coefficient (Wildman–Crippen LogP) is 4.99. The van der Waals surface area contributed by atoms with E-state index in [1.54, 1.807) is 18.9 Å². The lowest BCUT2D eigenvalue weighted by Gasteiger charge is -2.08. The monoisotopic (exact) mass is 385 g/mol. The molecule has 0 saturated carbocycles. The van der Waals surface area contributed by atoms with Gasteiger partial charge in [0.2, 0.25) is 0 Å². The third kappa shape index (κ3) is 5.64. The minimum absolute atomic E-state index is 0.703. The summed E-state index contributed by atoms with van der Waals surface area (Å²) >= 11 is 11.5. The smallest absolute Gasteiger partial charge is 0.0587 e. The van der Waals surface area contributed by atoms with Crippen LogP contribution in [0.4, 0.5) is 0 Å². The second-order valence-electron chi connectivity index (χ2n) is 4.48. The highest BCUT2D eigenvalue weighted by Crippen LogP contribution is 2.31. The minimum Gasteiger partial charge on any atom is -0.383 e. The quantitative estimate of drug-likeness (QED) is 0.677. The van der Waals surface area contributed by atoms with Gasteiger partial charge in [-0.2, -0.15) is 0 Å². The van der Waals surface area contributed by atoms with Crippen molar-refractivity contribution in [2.45, 2.75) is 16.3 Å². The fourth-order valence-corrected chi connectivity index (χ4v) is 3.20. The standard InChI is InChI=1S/C16H17BrClNOS/c1-20-9-8-19-11-12-2-5-15(10-16(12)18)21-14-6-3-13(17)4-7-14/h2-7,10,19H,8-9,11H2,1H3. The highest BCUT2D eigenvalue weighted by atomic mass is 79.9. The Labute approximate surface area is 143 Å². The third-order valence-electron chi connectivity index (χ3n) is 2.87. The summed E-state index contributed by atoms with van der Waals surface area (Å²) in [5.41, 5.74) is 1.10. The van der Waals surface area contributed by atoms with Crippen LogP contribution >= 0.6 is 39.3 Å². The van der Waals surface area contributed by atoms with E-state index in [1.165, 1.54) is 4.90 Å². The lowest BCUT2D eigenvalue weighted by molar-refractivity contribution is 0.199. The van der Waals surface area contributed by atoms with E-state index in [2.05, 4.69) is 45.5 Å². The van der Waals surface area contributed by atoms with Gasteiger partial charge in [-0.15, -0.1) is 0 Å². The Morgan fingerprint density at radius 2 is 1.86 bits per heavy atom. The van der Waals surface area contributed by atoms with Gasteiger partial charge < -0.3 is 10.1 Å². The molecule has 2 nitrogen and oxygen atoms in total. The summed E-state index contributed by atoms with van der Waals surface area (Å²) in [6, 6.07) is 14.4. The molecule has 112 valence electrons. The molecular weight excluding hydrogens is 370 g/mol. The van der Waals surface area contributed by atoms with Crippen molar-refractivity contribution >= 4 is 39.3 Å². The number of nitrogens with one attached hydrogen (secondary N) is 1. The Hall–Kier alpha value is -0.520. The molecule has 1 N–H and O–H groups in total. The second-order valence-corrected chi connectivity index (χ2v) is 6.95. The van der Waals surface area contributed by atoms with E-state index in [1.807, 2.05) is 18.2 Å². The number of hydrogen-bond acceptors (Lipinski definition) is 3. The molecule has 0 aromatic heterocycles. The van der Waals surface area contributed by atoms with Crippen LogP contribution in [0, 0.1) is 0 Å². The molecule has 0 amide bonds. The van der Waals surface area contributed by atoms with Crippen LogP contribution in [0.25, 0.3) is 0 Å². The zero-order valence-corrected chi connectivity index (χ0v) is 14.9. The molecule has 0 aliphatic rings. The maximum Gasteiger partial charge on any atom is 0.0587 e. The molecule has 0 spiro atoms. The van der Waals surface area contributed by atoms with E-state index in [0.29, 0.717) is 6.61 Å². The Balaban J connectivity index is 1.96. The number of methoxy groups -OCH3 is 1. The molecule has 5 heteroatoms. The van der Waals surface area contributed by atoms with Crippen LogP contribution in [-0.4, -0.2) is 20.3 Å². The maximum atomic E-state index is 6.34. The number of ether oxygens (including phenoxy) is 1. The minimum atomic E-state index is 0.703. The molecule has 0 radical (unpaired) electrons. The van der Waals surface area contributed by atoms with Crippen molar-refractivity contribution in [3.05, 3.63) is 57.5 Å². The molecule has 0 unspecified atom stereocenters. The van der Waals surface area contributed by atoms with E-state index in [4.69, 9.17) is 16.3 Å². The summed E-state index contributed by atoms with van der Waals surface area (Å²) in [4.78, 5) is 2.34. The topological polar surface area (TPSA) is 21.3 Å². The first-order chi connectivity index (χ1) is 10.2. The average molecular weight is 387 g/mol. The maximum absolute atomic E-state index is 6.34. The van der Waals surface area contributed by atoms with Gasteiger partial charge in [-0.05, 0) is 42.0 Å². The fraction of sp³-hybridized carbons (Fsp3) is 0.250. The number of benzene rings is 2. The molecule has 0 aliphatic heterocycles. The third-order valence-corrected chi connectivity index (χ3v) is 4.75. The van der Waals surface area contributed by atoms with Crippen molar-refractivity contribution in [3.8, 4) is 0 Å².